The van der Waals surface area contributed by atoms with Crippen LogP contribution in [0.1, 0.15) is 9.88 Å². The van der Waals surface area contributed by atoms with Gasteiger partial charge in [0.2, 0.25) is 5.91 Å². The maximum Gasteiger partial charge on any atom is 0.247 e. The average molecular weight is 371 g/mol. The second-order valence-electron chi connectivity index (χ2n) is 6.18. The second kappa shape index (κ2) is 7.47. The SMILES string of the molecule is O=C(/C=C/c1cccs1)N1CC[NH+](Cc2nc3ccccc3s2)CC1. The van der Waals surface area contributed by atoms with Crippen LogP contribution in [0.3, 0.4) is 0 Å². The fourth-order valence-electron chi connectivity index (χ4n) is 3.07. The Hall–Kier alpha value is -2.02. The highest BCUT2D eigenvalue weighted by Gasteiger charge is 2.23. The first kappa shape index (κ1) is 16.4. The molecular formula is C19H20N3OS2+. The first-order chi connectivity index (χ1) is 12.3. The highest BCUT2D eigenvalue weighted by molar-refractivity contribution is 7.18. The van der Waals surface area contributed by atoms with Crippen molar-refractivity contribution in [1.82, 2.24) is 9.88 Å². The van der Waals surface area contributed by atoms with Crippen LogP contribution in [0, 0.1) is 0 Å². The van der Waals surface area contributed by atoms with E-state index in [1.54, 1.807) is 28.7 Å². The van der Waals surface area contributed by atoms with Gasteiger partial charge in [0.15, 0.2) is 0 Å². The number of thiophene rings is 1. The Labute approximate surface area is 155 Å². The molecule has 2 aromatic heterocycles. The number of carbonyl (C=O) groups is 1. The molecule has 1 amide bonds. The quantitative estimate of drug-likeness (QED) is 0.716. The van der Waals surface area contributed by atoms with E-state index in [4.69, 9.17) is 4.98 Å². The Balaban J connectivity index is 1.31. The van der Waals surface area contributed by atoms with Gasteiger partial charge < -0.3 is 9.80 Å². The number of benzene rings is 1. The number of quaternary nitrogens is 1. The molecule has 0 aliphatic carbocycles. The number of aromatic nitrogens is 1. The lowest BCUT2D eigenvalue weighted by molar-refractivity contribution is -0.917. The third-order valence-corrected chi connectivity index (χ3v) is 6.33. The Morgan fingerprint density at radius 3 is 2.80 bits per heavy atom. The van der Waals surface area contributed by atoms with Crippen LogP contribution in [0.2, 0.25) is 0 Å². The summed E-state index contributed by atoms with van der Waals surface area (Å²) in [5.74, 6) is 0.118. The third-order valence-electron chi connectivity index (χ3n) is 4.45. The van der Waals surface area contributed by atoms with Crippen LogP contribution in [0.4, 0.5) is 0 Å². The van der Waals surface area contributed by atoms with E-state index in [1.165, 1.54) is 14.6 Å². The number of nitrogens with zero attached hydrogens (tertiary/aromatic N) is 2. The molecule has 0 spiro atoms. The van der Waals surface area contributed by atoms with Gasteiger partial charge in [-0.1, -0.05) is 18.2 Å². The summed E-state index contributed by atoms with van der Waals surface area (Å²) in [6.07, 6.45) is 3.61. The summed E-state index contributed by atoms with van der Waals surface area (Å²) in [5.41, 5.74) is 1.09. The molecule has 0 unspecified atom stereocenters. The zero-order chi connectivity index (χ0) is 17.1. The van der Waals surface area contributed by atoms with Crippen molar-refractivity contribution in [3.05, 3.63) is 57.7 Å². The predicted octanol–water partition coefficient (Wildman–Crippen LogP) is 2.30. The van der Waals surface area contributed by atoms with E-state index in [0.29, 0.717) is 0 Å². The number of thiazole rings is 1. The van der Waals surface area contributed by atoms with E-state index < -0.39 is 0 Å². The van der Waals surface area contributed by atoms with Crippen LogP contribution >= 0.6 is 22.7 Å². The molecule has 1 aliphatic heterocycles. The Morgan fingerprint density at radius 2 is 2.04 bits per heavy atom. The van der Waals surface area contributed by atoms with Crippen LogP contribution in [0.15, 0.2) is 47.9 Å². The fraction of sp³-hybridized carbons (Fsp3) is 0.263. The van der Waals surface area contributed by atoms with Gasteiger partial charge in [0, 0.05) is 11.0 Å². The highest BCUT2D eigenvalue weighted by atomic mass is 32.1. The number of nitrogens with one attached hydrogen (secondary N) is 1. The molecular weight excluding hydrogens is 350 g/mol. The summed E-state index contributed by atoms with van der Waals surface area (Å²) in [5, 5.41) is 3.21. The number of hydrogen-bond acceptors (Lipinski definition) is 4. The molecule has 0 bridgehead atoms. The third kappa shape index (κ3) is 3.98. The molecule has 1 N–H and O–H groups in total. The van der Waals surface area contributed by atoms with Crippen LogP contribution in [-0.4, -0.2) is 42.0 Å². The van der Waals surface area contributed by atoms with Crippen molar-refractivity contribution < 1.29 is 9.69 Å². The zero-order valence-electron chi connectivity index (χ0n) is 13.9. The molecule has 1 aromatic carbocycles. The van der Waals surface area contributed by atoms with Crippen molar-refractivity contribution in [3.8, 4) is 0 Å². The number of hydrogen-bond donors (Lipinski definition) is 1. The van der Waals surface area contributed by atoms with E-state index in [2.05, 4.69) is 18.2 Å². The number of amides is 1. The summed E-state index contributed by atoms with van der Waals surface area (Å²) in [4.78, 5) is 21.6. The average Bonchev–Trinajstić information content (AvgIpc) is 3.29. The maximum absolute atomic E-state index is 12.3. The summed E-state index contributed by atoms with van der Waals surface area (Å²) in [6, 6.07) is 12.3. The van der Waals surface area contributed by atoms with E-state index in [0.717, 1.165) is 43.1 Å². The van der Waals surface area contributed by atoms with Crippen molar-refractivity contribution >= 4 is 44.9 Å². The van der Waals surface area contributed by atoms with Gasteiger partial charge in [0.25, 0.3) is 0 Å². The Morgan fingerprint density at radius 1 is 1.20 bits per heavy atom. The normalized spacial score (nSPS) is 16.1. The van der Waals surface area contributed by atoms with Gasteiger partial charge in [-0.2, -0.15) is 0 Å². The number of carbonyl (C=O) groups excluding carboxylic acids is 1. The van der Waals surface area contributed by atoms with Gasteiger partial charge in [-0.15, -0.1) is 22.7 Å². The van der Waals surface area contributed by atoms with Gasteiger partial charge in [-0.25, -0.2) is 4.98 Å². The Kier molecular flexibility index (Phi) is 4.92. The molecule has 1 saturated heterocycles. The van der Waals surface area contributed by atoms with Gasteiger partial charge in [-0.05, 0) is 29.7 Å². The molecule has 0 radical (unpaired) electrons. The van der Waals surface area contributed by atoms with Gasteiger partial charge in [0.1, 0.15) is 11.6 Å². The molecule has 25 heavy (non-hydrogen) atoms. The molecule has 6 heteroatoms. The number of para-hydroxylation sites is 1. The van der Waals surface area contributed by atoms with E-state index >= 15 is 0 Å². The molecule has 1 fully saturated rings. The summed E-state index contributed by atoms with van der Waals surface area (Å²) in [7, 11) is 0. The lowest BCUT2D eigenvalue weighted by atomic mass is 10.3. The topological polar surface area (TPSA) is 37.6 Å². The smallest absolute Gasteiger partial charge is 0.247 e. The maximum atomic E-state index is 12.3. The minimum Gasteiger partial charge on any atom is -0.328 e. The predicted molar refractivity (Wildman–Crippen MR) is 104 cm³/mol. The molecule has 3 aromatic rings. The van der Waals surface area contributed by atoms with Gasteiger partial charge in [0.05, 0.1) is 36.4 Å². The zero-order valence-corrected chi connectivity index (χ0v) is 15.5. The van der Waals surface area contributed by atoms with Gasteiger partial charge >= 0.3 is 0 Å². The second-order valence-corrected chi connectivity index (χ2v) is 8.27. The van der Waals surface area contributed by atoms with E-state index in [1.807, 2.05) is 34.6 Å². The lowest BCUT2D eigenvalue weighted by Gasteiger charge is -2.31. The van der Waals surface area contributed by atoms with Crippen LogP contribution in [-0.2, 0) is 11.3 Å². The molecule has 4 rings (SSSR count). The van der Waals surface area contributed by atoms with Gasteiger partial charge in [-0.3, -0.25) is 4.79 Å². The van der Waals surface area contributed by atoms with Crippen molar-refractivity contribution in [2.45, 2.75) is 6.54 Å². The number of fused-ring (bicyclic) bond motifs is 1. The van der Waals surface area contributed by atoms with Crippen LogP contribution in [0.25, 0.3) is 16.3 Å². The number of piperazine rings is 1. The first-order valence-electron chi connectivity index (χ1n) is 8.46. The molecule has 4 nitrogen and oxygen atoms in total. The van der Waals surface area contributed by atoms with E-state index in [-0.39, 0.29) is 5.91 Å². The molecule has 3 heterocycles. The molecule has 1 aliphatic rings. The number of rotatable bonds is 4. The Bertz CT molecular complexity index is 844. The monoisotopic (exact) mass is 370 g/mol. The van der Waals surface area contributed by atoms with Crippen molar-refractivity contribution in [2.75, 3.05) is 26.2 Å². The highest BCUT2D eigenvalue weighted by Crippen LogP contribution is 2.20. The minimum atomic E-state index is 0.118. The molecule has 128 valence electrons. The fourth-order valence-corrected chi connectivity index (χ4v) is 4.73. The van der Waals surface area contributed by atoms with Crippen LogP contribution in [0.5, 0.6) is 0 Å². The molecule has 0 saturated carbocycles. The summed E-state index contributed by atoms with van der Waals surface area (Å²) >= 11 is 3.43. The lowest BCUT2D eigenvalue weighted by Crippen LogP contribution is -3.13. The van der Waals surface area contributed by atoms with Crippen molar-refractivity contribution in [2.24, 2.45) is 0 Å². The summed E-state index contributed by atoms with van der Waals surface area (Å²) in [6.45, 7) is 4.54. The minimum absolute atomic E-state index is 0.118. The first-order valence-corrected chi connectivity index (χ1v) is 10.2. The van der Waals surface area contributed by atoms with E-state index in [9.17, 15) is 4.79 Å². The largest absolute Gasteiger partial charge is 0.328 e. The van der Waals surface area contributed by atoms with Crippen molar-refractivity contribution in [3.63, 3.8) is 0 Å². The standard InChI is InChI=1S/C19H19N3OS2/c23-19(8-7-15-4-3-13-24-15)22-11-9-21(10-12-22)14-18-20-16-5-1-2-6-17(16)25-18/h1-8,13H,9-12,14H2/p+1/b8-7+. The van der Waals surface area contributed by atoms with Crippen molar-refractivity contribution in [1.29, 1.82) is 0 Å². The summed E-state index contributed by atoms with van der Waals surface area (Å²) < 4.78 is 1.25. The molecule has 0 atom stereocenters. The van der Waals surface area contributed by atoms with Crippen LogP contribution < -0.4 is 4.90 Å².